The molecule has 9 heteroatoms. The molecule has 0 N–H and O–H groups in total. The van der Waals surface area contributed by atoms with Gasteiger partial charge in [0.05, 0.1) is 27.3 Å². The predicted octanol–water partition coefficient (Wildman–Crippen LogP) is 39.2. The van der Waals surface area contributed by atoms with Gasteiger partial charge < -0.3 is 8.83 Å². The molecule has 0 amide bonds. The second-order valence-corrected chi connectivity index (χ2v) is 39.2. The van der Waals surface area contributed by atoms with Gasteiger partial charge in [0.2, 0.25) is 0 Å². The number of hydrogen-bond donors (Lipinski definition) is 0. The van der Waals surface area contributed by atoms with Crippen LogP contribution in [0.4, 0.5) is 0 Å². The van der Waals surface area contributed by atoms with E-state index in [4.69, 9.17) is 38.7 Å². The van der Waals surface area contributed by atoms with Gasteiger partial charge in [-0.15, -0.1) is 11.3 Å². The fraction of sp³-hybridized carbons (Fsp3) is 0.0429. The molecule has 28 aromatic rings. The Kier molecular flexibility index (Phi) is 24.1. The first kappa shape index (κ1) is 92.6. The zero-order valence-electron chi connectivity index (χ0n) is 79.8. The molecule has 22 aromatic carbocycles. The molecule has 0 radical (unpaired) electrons. The topological polar surface area (TPSA) is 104 Å². The Morgan fingerprint density at radius 2 is 0.564 bits per heavy atom. The maximum atomic E-state index is 6.48. The number of benzene rings is 22. The molecule has 29 rings (SSSR count). The third-order valence-electron chi connectivity index (χ3n) is 28.9. The Morgan fingerprint density at radius 1 is 0.181 bits per heavy atom. The van der Waals surface area contributed by atoms with Gasteiger partial charge >= 0.3 is 0 Å². The van der Waals surface area contributed by atoms with Gasteiger partial charge in [-0.2, -0.15) is 0 Å². The first-order valence-corrected chi connectivity index (χ1v) is 50.4. The Labute approximate surface area is 869 Å². The molecule has 0 spiro atoms. The zero-order valence-corrected chi connectivity index (χ0v) is 80.6. The highest BCUT2D eigenvalue weighted by Crippen LogP contribution is 2.55. The molecule has 0 saturated heterocycles. The minimum absolute atomic E-state index is 0. The van der Waals surface area contributed by atoms with Crippen LogP contribution in [0.1, 0.15) is 47.3 Å². The molecule has 708 valence electrons. The zero-order chi connectivity index (χ0) is 96.9. The van der Waals surface area contributed by atoms with Crippen LogP contribution in [0.25, 0.3) is 275 Å². The average molecular weight is 1930 g/mol. The predicted molar refractivity (Wildman–Crippen MR) is 629 cm³/mol. The fourth-order valence-corrected chi connectivity index (χ4v) is 23.1. The average Bonchev–Trinajstić information content (AvgIpc) is 1.54. The van der Waals surface area contributed by atoms with Crippen molar-refractivity contribution >= 4 is 130 Å². The fourth-order valence-electron chi connectivity index (χ4n) is 21.8. The summed E-state index contributed by atoms with van der Waals surface area (Å²) in [4.78, 5) is 31.7. The van der Waals surface area contributed by atoms with E-state index in [2.05, 4.69) is 475 Å². The largest absolute Gasteiger partial charge is 0.456 e. The lowest BCUT2D eigenvalue weighted by molar-refractivity contribution is 0.663. The van der Waals surface area contributed by atoms with Crippen LogP contribution in [0.15, 0.2) is 506 Å². The van der Waals surface area contributed by atoms with Crippen LogP contribution in [-0.4, -0.2) is 29.9 Å². The number of aromatic nitrogens is 6. The van der Waals surface area contributed by atoms with E-state index in [-0.39, 0.29) is 27.7 Å². The summed E-state index contributed by atoms with van der Waals surface area (Å²) in [5.74, 6) is 2.13. The van der Waals surface area contributed by atoms with E-state index in [0.29, 0.717) is 17.2 Å². The highest BCUT2D eigenvalue weighted by molar-refractivity contribution is 7.27. The van der Waals surface area contributed by atoms with Gasteiger partial charge in [-0.05, 0) is 210 Å². The van der Waals surface area contributed by atoms with E-state index in [0.717, 1.165) is 166 Å². The summed E-state index contributed by atoms with van der Waals surface area (Å²) in [6, 6.07) is 176. The van der Waals surface area contributed by atoms with Crippen molar-refractivity contribution in [1.29, 1.82) is 0 Å². The first-order valence-electron chi connectivity index (χ1n) is 49.6. The van der Waals surface area contributed by atoms with Gasteiger partial charge in [-0.3, -0.25) is 0 Å². The van der Waals surface area contributed by atoms with Gasteiger partial charge in [-0.1, -0.05) is 461 Å². The summed E-state index contributed by atoms with van der Waals surface area (Å²) in [5.41, 5.74) is 34.6. The summed E-state index contributed by atoms with van der Waals surface area (Å²) >= 11 is 1.79. The van der Waals surface area contributed by atoms with Crippen LogP contribution in [0.5, 0.6) is 0 Å². The monoisotopic (exact) mass is 1930 g/mol. The van der Waals surface area contributed by atoms with E-state index in [9.17, 15) is 0 Å². The normalized spacial score (nSPS) is 11.9. The number of para-hydroxylation sites is 1. The molecule has 6 heterocycles. The van der Waals surface area contributed by atoms with E-state index in [1.165, 1.54) is 103 Å². The van der Waals surface area contributed by atoms with E-state index in [1.54, 1.807) is 11.3 Å². The molecular weight excluding hydrogens is 1830 g/mol. The molecule has 1 aliphatic rings. The minimum Gasteiger partial charge on any atom is -0.456 e. The van der Waals surface area contributed by atoms with Crippen molar-refractivity contribution in [2.45, 2.75) is 41.5 Å². The third-order valence-corrected chi connectivity index (χ3v) is 30.2. The van der Waals surface area contributed by atoms with Crippen LogP contribution in [0, 0.1) is 0 Å². The van der Waals surface area contributed by atoms with Crippen molar-refractivity contribution in [1.82, 2.24) is 29.9 Å². The van der Waals surface area contributed by atoms with Crippen LogP contribution in [0.3, 0.4) is 0 Å². The van der Waals surface area contributed by atoms with Crippen molar-refractivity contribution in [3.05, 3.63) is 509 Å². The summed E-state index contributed by atoms with van der Waals surface area (Å²) in [6.45, 7) is 4.65. The number of nitrogens with zero attached hydrogens (tertiary/aromatic N) is 6. The van der Waals surface area contributed by atoms with Gasteiger partial charge in [-0.25, -0.2) is 29.9 Å². The molecule has 0 aliphatic heterocycles. The van der Waals surface area contributed by atoms with Gasteiger partial charge in [0.1, 0.15) is 28.0 Å². The summed E-state index contributed by atoms with van der Waals surface area (Å²) < 4.78 is 15.0. The van der Waals surface area contributed by atoms with Crippen LogP contribution < -0.4 is 0 Å². The molecule has 0 fully saturated rings. The molecular formula is C140H100N6O2S. The standard InChI is InChI=1S/C53H36N2O.C44H28N2O.C40H24N2S.3CH4/c1-53(2)48-42-21-10-9-16-34(42)24-26-44(48)51-49(53)50(35-17-7-4-8-18-35)54-52(55-51)41-30-39(33-14-5-3-6-15-33)29-40(31-41)37-20-13-19-36(28-37)38-25-27-47-45(32-38)43-22-11-12-23-46(43)56-47;1-4-12-29(13-5-1)36-24-37(30-14-6-2-7-15-30)26-38(25-36)31-20-22-33(23-21-31)44-45-41(32-16-8-3-9-17-32)43-42(46-44)39-27-34-18-10-11-19-35(34)28-40(39)47-43;1-2-11-28(12-3-1)36-39-37(35-24-22-26-10-5-7-14-32(26)38(35)43-39)42-40(41-36)29-19-17-27(18-20-29)31-15-8-16-33-30-13-6-4-9-25(30)21-23-34(31)33;;;/h3-32H,1-2H3;1-28H;1-24H;3*1H4. The molecule has 1 aliphatic carbocycles. The molecule has 0 saturated carbocycles. The quantitative estimate of drug-likeness (QED) is 0.105. The van der Waals surface area contributed by atoms with E-state index in [1.807, 2.05) is 36.4 Å². The number of fused-ring (bicyclic) bond motifs is 20. The van der Waals surface area contributed by atoms with Crippen LogP contribution >= 0.6 is 11.3 Å². The SMILES string of the molecule is C.C.C.CC1(C)c2c(-c3ccccc3)nc(-c3cc(-c4ccccc4)cc(-c4cccc(-c5ccc6oc7ccccc7c6c5)c4)c3)nc2-c2ccc3ccccc3c21.c1ccc(-c2cc(-c3ccccc3)cc(-c3ccc(-c4nc(-c5ccccc5)c5oc6cc7ccccc7cc6c5n4)cc3)c2)cc1.c1ccc(-c2nc(-c3ccc(-c4cccc5c4ccc4ccccc45)cc3)nc3c2sc2c4ccccc4ccc32)cc1. The summed E-state index contributed by atoms with van der Waals surface area (Å²) in [5, 5.41) is 16.8. The third kappa shape index (κ3) is 16.9. The number of thiophene rings is 1. The van der Waals surface area contributed by atoms with E-state index >= 15 is 0 Å². The number of rotatable bonds is 13. The minimum atomic E-state index is -0.307. The molecule has 0 bridgehead atoms. The van der Waals surface area contributed by atoms with Crippen molar-refractivity contribution in [3.8, 4) is 157 Å². The Balaban J connectivity index is 0.000000119. The summed E-state index contributed by atoms with van der Waals surface area (Å²) in [6.07, 6.45) is 0. The second-order valence-electron chi connectivity index (χ2n) is 38.2. The van der Waals surface area contributed by atoms with Gasteiger partial charge in [0, 0.05) is 76.2 Å². The Morgan fingerprint density at radius 3 is 1.17 bits per heavy atom. The number of furan rings is 2. The van der Waals surface area contributed by atoms with E-state index < -0.39 is 0 Å². The Bertz CT molecular complexity index is 9950. The highest BCUT2D eigenvalue weighted by Gasteiger charge is 2.42. The molecule has 0 atom stereocenters. The number of hydrogen-bond acceptors (Lipinski definition) is 9. The second kappa shape index (κ2) is 38.7. The van der Waals surface area contributed by atoms with Crippen molar-refractivity contribution in [3.63, 3.8) is 0 Å². The molecule has 6 aromatic heterocycles. The highest BCUT2D eigenvalue weighted by atomic mass is 32.1. The van der Waals surface area contributed by atoms with Crippen LogP contribution in [0.2, 0.25) is 0 Å². The lowest BCUT2D eigenvalue weighted by atomic mass is 9.79. The molecule has 8 nitrogen and oxygen atoms in total. The van der Waals surface area contributed by atoms with Gasteiger partial charge in [0.15, 0.2) is 23.1 Å². The first-order chi connectivity index (χ1) is 72.1. The lowest BCUT2D eigenvalue weighted by Gasteiger charge is -2.25. The van der Waals surface area contributed by atoms with Crippen molar-refractivity contribution in [2.75, 3.05) is 0 Å². The Hall–Kier alpha value is -18.8. The smallest absolute Gasteiger partial charge is 0.180 e. The van der Waals surface area contributed by atoms with Gasteiger partial charge in [0.25, 0.3) is 0 Å². The molecule has 149 heavy (non-hydrogen) atoms. The van der Waals surface area contributed by atoms with Crippen molar-refractivity contribution < 1.29 is 8.83 Å². The maximum Gasteiger partial charge on any atom is 0.180 e. The summed E-state index contributed by atoms with van der Waals surface area (Å²) in [7, 11) is 0. The maximum absolute atomic E-state index is 6.48. The molecule has 0 unspecified atom stereocenters. The van der Waals surface area contributed by atoms with Crippen LogP contribution in [-0.2, 0) is 5.41 Å². The lowest BCUT2D eigenvalue weighted by Crippen LogP contribution is -2.18. The van der Waals surface area contributed by atoms with Crippen molar-refractivity contribution in [2.24, 2.45) is 0 Å².